The van der Waals surface area contributed by atoms with Crippen LogP contribution in [0.3, 0.4) is 0 Å². The molecule has 5 rings (SSSR count). The van der Waals surface area contributed by atoms with Crippen LogP contribution in [0.15, 0.2) is 66.4 Å². The minimum absolute atomic E-state index is 0.115. The third-order valence-corrected chi connectivity index (χ3v) is 6.11. The fourth-order valence-electron chi connectivity index (χ4n) is 4.36. The number of aromatic hydroxyl groups is 1. The van der Waals surface area contributed by atoms with Gasteiger partial charge in [-0.05, 0) is 97.9 Å². The van der Waals surface area contributed by atoms with Gasteiger partial charge in [0.25, 0.3) is 0 Å². The highest BCUT2D eigenvalue weighted by Gasteiger charge is 2.23. The van der Waals surface area contributed by atoms with Gasteiger partial charge in [-0.2, -0.15) is 0 Å². The van der Waals surface area contributed by atoms with E-state index >= 15 is 0 Å². The van der Waals surface area contributed by atoms with E-state index in [-0.39, 0.29) is 11.7 Å². The number of phenolic OH excluding ortho intramolecular Hbond substituents is 1. The van der Waals surface area contributed by atoms with Gasteiger partial charge in [0.05, 0.1) is 5.69 Å². The Bertz CT molecular complexity index is 1160. The molecule has 170 valence electrons. The summed E-state index contributed by atoms with van der Waals surface area (Å²) in [5.74, 6) is 0.0785. The van der Waals surface area contributed by atoms with Crippen molar-refractivity contribution in [2.24, 2.45) is 0 Å². The molecule has 1 aromatic heterocycles. The van der Waals surface area contributed by atoms with Crippen LogP contribution in [0, 0.1) is 0 Å². The van der Waals surface area contributed by atoms with Crippen LogP contribution < -0.4 is 10.6 Å². The molecule has 6 heteroatoms. The number of hydrogen-bond donors (Lipinski definition) is 3. The number of halogens is 1. The van der Waals surface area contributed by atoms with E-state index in [9.17, 15) is 4.79 Å². The van der Waals surface area contributed by atoms with Gasteiger partial charge in [-0.3, -0.25) is 9.78 Å². The van der Waals surface area contributed by atoms with E-state index in [4.69, 9.17) is 21.7 Å². The third-order valence-electron chi connectivity index (χ3n) is 5.88. The summed E-state index contributed by atoms with van der Waals surface area (Å²) in [6.45, 7) is 3.56. The SMILES string of the molecule is CC(=O)Nc1ccc(O)cc1.Clc1ccc2c(c1)CCc1cccnc1C2=C1CCNCC1. The predicted molar refractivity (Wildman–Crippen MR) is 134 cm³/mol. The molecule has 0 saturated carbocycles. The fraction of sp³-hybridized carbons (Fsp3) is 0.259. The summed E-state index contributed by atoms with van der Waals surface area (Å²) in [6, 6.07) is 16.9. The highest BCUT2D eigenvalue weighted by molar-refractivity contribution is 6.30. The zero-order chi connectivity index (χ0) is 23.2. The van der Waals surface area contributed by atoms with E-state index in [1.54, 1.807) is 12.1 Å². The lowest BCUT2D eigenvalue weighted by molar-refractivity contribution is -0.114. The second-order valence-electron chi connectivity index (χ2n) is 8.27. The lowest BCUT2D eigenvalue weighted by atomic mass is 9.89. The first-order valence-electron chi connectivity index (χ1n) is 11.2. The number of piperidine rings is 1. The van der Waals surface area contributed by atoms with Crippen LogP contribution in [0.1, 0.15) is 42.1 Å². The minimum atomic E-state index is -0.115. The Morgan fingerprint density at radius 3 is 2.45 bits per heavy atom. The molecule has 0 spiro atoms. The molecule has 33 heavy (non-hydrogen) atoms. The summed E-state index contributed by atoms with van der Waals surface area (Å²) >= 11 is 6.23. The number of anilines is 1. The Morgan fingerprint density at radius 2 is 1.73 bits per heavy atom. The van der Waals surface area contributed by atoms with Gasteiger partial charge >= 0.3 is 0 Å². The van der Waals surface area contributed by atoms with Crippen LogP contribution in [-0.2, 0) is 17.6 Å². The molecule has 3 N–H and O–H groups in total. The predicted octanol–water partition coefficient (Wildman–Crippen LogP) is 5.37. The normalized spacial score (nSPS) is 14.8. The largest absolute Gasteiger partial charge is 0.508 e. The van der Waals surface area contributed by atoms with E-state index < -0.39 is 0 Å². The van der Waals surface area contributed by atoms with Crippen LogP contribution in [0.4, 0.5) is 5.69 Å². The summed E-state index contributed by atoms with van der Waals surface area (Å²) < 4.78 is 0. The summed E-state index contributed by atoms with van der Waals surface area (Å²) in [5.41, 5.74) is 8.81. The molecular formula is C27H28ClN3O2. The number of carbonyl (C=O) groups excluding carboxylic acids is 1. The molecule has 0 bridgehead atoms. The maximum Gasteiger partial charge on any atom is 0.221 e. The van der Waals surface area contributed by atoms with E-state index in [2.05, 4.69) is 28.8 Å². The first-order valence-corrected chi connectivity index (χ1v) is 11.6. The van der Waals surface area contributed by atoms with Gasteiger partial charge in [0.2, 0.25) is 5.91 Å². The van der Waals surface area contributed by atoms with Gasteiger partial charge in [0, 0.05) is 29.4 Å². The van der Waals surface area contributed by atoms with Crippen LogP contribution in [0.2, 0.25) is 5.02 Å². The molecule has 2 aromatic carbocycles. The van der Waals surface area contributed by atoms with Gasteiger partial charge in [0.1, 0.15) is 5.75 Å². The molecule has 1 saturated heterocycles. The number of pyridine rings is 1. The van der Waals surface area contributed by atoms with Crippen molar-refractivity contribution in [1.29, 1.82) is 0 Å². The number of phenols is 1. The maximum absolute atomic E-state index is 10.5. The topological polar surface area (TPSA) is 74.2 Å². The second-order valence-corrected chi connectivity index (χ2v) is 8.71. The molecule has 0 radical (unpaired) electrons. The Balaban J connectivity index is 0.000000200. The van der Waals surface area contributed by atoms with Gasteiger partial charge in [-0.1, -0.05) is 29.3 Å². The van der Waals surface area contributed by atoms with Crippen LogP contribution in [0.25, 0.3) is 5.57 Å². The Labute approximate surface area is 199 Å². The number of rotatable bonds is 1. The first kappa shape index (κ1) is 23.0. The number of amides is 1. The van der Waals surface area contributed by atoms with E-state index in [1.807, 2.05) is 18.3 Å². The number of aromatic nitrogens is 1. The molecule has 1 amide bonds. The van der Waals surface area contributed by atoms with Gasteiger partial charge in [0.15, 0.2) is 0 Å². The standard InChI is InChI=1S/C19H19ClN2.C8H9NO2/c20-16-5-6-17-15(12-16)4-3-14-2-1-9-22-19(14)18(17)13-7-10-21-11-8-13;1-6(10)9-7-2-4-8(11)5-3-7/h1-2,5-6,9,12,21H,3-4,7-8,10-11H2;2-5,11H,1H3,(H,9,10). The fourth-order valence-corrected chi connectivity index (χ4v) is 4.55. The number of aryl methyl sites for hydroxylation is 2. The summed E-state index contributed by atoms with van der Waals surface area (Å²) in [7, 11) is 0. The zero-order valence-corrected chi connectivity index (χ0v) is 19.5. The number of hydrogen-bond acceptors (Lipinski definition) is 4. The Hall–Kier alpha value is -3.15. The molecule has 0 unspecified atom stereocenters. The van der Waals surface area contributed by atoms with Crippen molar-refractivity contribution in [3.05, 3.63) is 93.8 Å². The van der Waals surface area contributed by atoms with E-state index in [0.717, 1.165) is 43.8 Å². The molecule has 5 nitrogen and oxygen atoms in total. The van der Waals surface area contributed by atoms with Gasteiger partial charge in [-0.25, -0.2) is 0 Å². The molecule has 1 fully saturated rings. The second kappa shape index (κ2) is 10.6. The number of benzene rings is 2. The van der Waals surface area contributed by atoms with Crippen LogP contribution in [-0.4, -0.2) is 29.1 Å². The van der Waals surface area contributed by atoms with Crippen molar-refractivity contribution in [2.45, 2.75) is 32.6 Å². The van der Waals surface area contributed by atoms with Crippen molar-refractivity contribution in [1.82, 2.24) is 10.3 Å². The number of nitrogens with zero attached hydrogens (tertiary/aromatic N) is 1. The average Bonchev–Trinajstić information content (AvgIpc) is 2.98. The van der Waals surface area contributed by atoms with Crippen molar-refractivity contribution < 1.29 is 9.90 Å². The van der Waals surface area contributed by atoms with E-state index in [1.165, 1.54) is 52.6 Å². The first-order chi connectivity index (χ1) is 16.0. The Kier molecular flexibility index (Phi) is 7.43. The monoisotopic (exact) mass is 461 g/mol. The maximum atomic E-state index is 10.5. The van der Waals surface area contributed by atoms with E-state index in [0.29, 0.717) is 5.69 Å². The van der Waals surface area contributed by atoms with Crippen molar-refractivity contribution in [2.75, 3.05) is 18.4 Å². The molecule has 1 aliphatic heterocycles. The molecule has 3 aromatic rings. The molecule has 1 aliphatic carbocycles. The van der Waals surface area contributed by atoms with Crippen molar-refractivity contribution in [3.63, 3.8) is 0 Å². The minimum Gasteiger partial charge on any atom is -0.508 e. The number of carbonyl (C=O) groups is 1. The molecular weight excluding hydrogens is 434 g/mol. The van der Waals surface area contributed by atoms with Gasteiger partial charge in [-0.15, -0.1) is 0 Å². The third kappa shape index (κ3) is 5.81. The Morgan fingerprint density at radius 1 is 1.00 bits per heavy atom. The average molecular weight is 462 g/mol. The quantitative estimate of drug-likeness (QED) is 0.426. The molecule has 0 atom stereocenters. The highest BCUT2D eigenvalue weighted by Crippen LogP contribution is 2.37. The number of nitrogens with one attached hydrogen (secondary N) is 2. The van der Waals surface area contributed by atoms with Crippen LogP contribution >= 0.6 is 11.6 Å². The van der Waals surface area contributed by atoms with Gasteiger partial charge < -0.3 is 15.7 Å². The van der Waals surface area contributed by atoms with Crippen LogP contribution in [0.5, 0.6) is 5.75 Å². The van der Waals surface area contributed by atoms with Crippen molar-refractivity contribution in [3.8, 4) is 5.75 Å². The summed E-state index contributed by atoms with van der Waals surface area (Å²) in [5, 5.41) is 15.7. The summed E-state index contributed by atoms with van der Waals surface area (Å²) in [6.07, 6.45) is 6.19. The molecule has 2 heterocycles. The van der Waals surface area contributed by atoms with Crippen molar-refractivity contribution >= 4 is 28.8 Å². The highest BCUT2D eigenvalue weighted by atomic mass is 35.5. The lowest BCUT2D eigenvalue weighted by Gasteiger charge is -2.21. The zero-order valence-electron chi connectivity index (χ0n) is 18.7. The lowest BCUT2D eigenvalue weighted by Crippen LogP contribution is -2.24. The molecule has 2 aliphatic rings. The summed E-state index contributed by atoms with van der Waals surface area (Å²) in [4.78, 5) is 15.3. The number of fused-ring (bicyclic) bond motifs is 2. The smallest absolute Gasteiger partial charge is 0.221 e.